The maximum absolute atomic E-state index is 13.5. The van der Waals surface area contributed by atoms with Gasteiger partial charge in [0.2, 0.25) is 5.82 Å². The molecule has 196 valence electrons. The number of rotatable bonds is 7. The van der Waals surface area contributed by atoms with Crippen molar-refractivity contribution in [1.82, 2.24) is 29.6 Å². The highest BCUT2D eigenvalue weighted by molar-refractivity contribution is 6.03. The van der Waals surface area contributed by atoms with Gasteiger partial charge in [-0.1, -0.05) is 12.1 Å². The van der Waals surface area contributed by atoms with Gasteiger partial charge in [-0.05, 0) is 30.2 Å². The van der Waals surface area contributed by atoms with Gasteiger partial charge in [-0.25, -0.2) is 14.4 Å². The maximum atomic E-state index is 13.5. The summed E-state index contributed by atoms with van der Waals surface area (Å²) in [7, 11) is 1.85. The zero-order valence-corrected chi connectivity index (χ0v) is 20.0. The fraction of sp³-hybridized carbons (Fsp3) is 0.458. The second-order valence-electron chi connectivity index (χ2n) is 9.53. The summed E-state index contributed by atoms with van der Waals surface area (Å²) >= 11 is 0. The predicted octanol–water partition coefficient (Wildman–Crippen LogP) is 2.93. The smallest absolute Gasteiger partial charge is 0.379 e. The van der Waals surface area contributed by atoms with E-state index in [9.17, 15) is 22.4 Å². The third-order valence-electron chi connectivity index (χ3n) is 6.66. The van der Waals surface area contributed by atoms with Gasteiger partial charge < -0.3 is 14.6 Å². The van der Waals surface area contributed by atoms with Crippen LogP contribution in [0.3, 0.4) is 0 Å². The van der Waals surface area contributed by atoms with Crippen molar-refractivity contribution in [3.63, 3.8) is 0 Å². The Kier molecular flexibility index (Phi) is 6.67. The number of alkyl halides is 4. The molecule has 2 aliphatic rings. The Morgan fingerprint density at radius 3 is 2.68 bits per heavy atom. The monoisotopic (exact) mass is 519 g/mol. The highest BCUT2D eigenvalue weighted by Crippen LogP contribution is 2.36. The van der Waals surface area contributed by atoms with E-state index in [2.05, 4.69) is 25.5 Å². The van der Waals surface area contributed by atoms with E-state index < -0.39 is 29.8 Å². The minimum Gasteiger partial charge on any atom is -0.379 e. The summed E-state index contributed by atoms with van der Waals surface area (Å²) < 4.78 is 61.3. The van der Waals surface area contributed by atoms with E-state index >= 15 is 0 Å². The molecule has 0 saturated carbocycles. The Balaban J connectivity index is 1.37. The summed E-state index contributed by atoms with van der Waals surface area (Å²) in [5.41, 5.74) is 0.523. The van der Waals surface area contributed by atoms with E-state index in [0.29, 0.717) is 38.3 Å². The van der Waals surface area contributed by atoms with Crippen LogP contribution in [0.4, 0.5) is 23.2 Å². The number of hydrogen-bond acceptors (Lipinski definition) is 7. The number of carbonyl (C=O) groups excluding carboxylic acids is 1. The number of amides is 1. The van der Waals surface area contributed by atoms with Gasteiger partial charge in [0.1, 0.15) is 24.0 Å². The molecule has 3 aromatic rings. The van der Waals surface area contributed by atoms with Crippen molar-refractivity contribution in [2.75, 3.05) is 31.6 Å². The molecule has 1 amide bonds. The van der Waals surface area contributed by atoms with E-state index in [4.69, 9.17) is 4.74 Å². The molecule has 1 aromatic carbocycles. The summed E-state index contributed by atoms with van der Waals surface area (Å²) in [6.45, 7) is 1.42. The summed E-state index contributed by atoms with van der Waals surface area (Å²) in [5, 5.41) is 10.7. The molecule has 2 aromatic heterocycles. The number of benzene rings is 1. The molecule has 9 nitrogen and oxygen atoms in total. The Bertz CT molecular complexity index is 1290. The molecule has 0 aliphatic carbocycles. The Labute approximate surface area is 209 Å². The van der Waals surface area contributed by atoms with Crippen molar-refractivity contribution in [1.29, 1.82) is 0 Å². The molecular formula is C24H25F4N7O2. The third-order valence-corrected chi connectivity index (χ3v) is 6.66. The number of nitrogens with one attached hydrogen (secondary N) is 1. The first kappa shape index (κ1) is 25.2. The Morgan fingerprint density at radius 1 is 1.24 bits per heavy atom. The van der Waals surface area contributed by atoms with Crippen molar-refractivity contribution in [3.8, 4) is 0 Å². The lowest BCUT2D eigenvalue weighted by molar-refractivity contribution is -0.145. The van der Waals surface area contributed by atoms with Crippen LogP contribution in [0.15, 0.2) is 36.7 Å². The molecule has 0 radical (unpaired) electrons. The van der Waals surface area contributed by atoms with Gasteiger partial charge in [0.15, 0.2) is 0 Å². The minimum atomic E-state index is -4.84. The molecule has 2 saturated heterocycles. The SMILES string of the molecule is Cn1cnnc1CC1(c2cccc(NC(=O)c3cc(CN4CCC(F)C4)nc(C(F)(F)F)n3)c2)COC1. The third kappa shape index (κ3) is 5.47. The predicted molar refractivity (Wildman–Crippen MR) is 123 cm³/mol. The van der Waals surface area contributed by atoms with Crippen molar-refractivity contribution < 1.29 is 27.1 Å². The van der Waals surface area contributed by atoms with Crippen LogP contribution in [0.1, 0.15) is 39.8 Å². The van der Waals surface area contributed by atoms with Crippen LogP contribution in [0.5, 0.6) is 0 Å². The number of ether oxygens (including phenoxy) is 1. The summed E-state index contributed by atoms with van der Waals surface area (Å²) in [6.07, 6.45) is -3.37. The molecule has 37 heavy (non-hydrogen) atoms. The van der Waals surface area contributed by atoms with Gasteiger partial charge in [-0.15, -0.1) is 10.2 Å². The van der Waals surface area contributed by atoms with Crippen molar-refractivity contribution in [3.05, 3.63) is 65.3 Å². The molecule has 2 fully saturated rings. The second-order valence-corrected chi connectivity index (χ2v) is 9.53. The zero-order chi connectivity index (χ0) is 26.2. The van der Waals surface area contributed by atoms with Crippen LogP contribution in [0, 0.1) is 0 Å². The van der Waals surface area contributed by atoms with E-state index in [0.717, 1.165) is 11.4 Å². The van der Waals surface area contributed by atoms with Crippen molar-refractivity contribution in [2.45, 2.75) is 37.1 Å². The molecular weight excluding hydrogens is 494 g/mol. The topological polar surface area (TPSA) is 98.1 Å². The first-order chi connectivity index (χ1) is 17.6. The highest BCUT2D eigenvalue weighted by Gasteiger charge is 2.42. The average molecular weight is 520 g/mol. The Hall–Kier alpha value is -3.45. The minimum absolute atomic E-state index is 0.00423. The van der Waals surface area contributed by atoms with E-state index in [1.807, 2.05) is 17.7 Å². The molecule has 1 atom stereocenters. The van der Waals surface area contributed by atoms with Gasteiger partial charge in [0.25, 0.3) is 5.91 Å². The average Bonchev–Trinajstić information content (AvgIpc) is 3.42. The van der Waals surface area contributed by atoms with E-state index in [1.165, 1.54) is 6.07 Å². The highest BCUT2D eigenvalue weighted by atomic mass is 19.4. The van der Waals surface area contributed by atoms with Gasteiger partial charge in [0.05, 0.1) is 18.9 Å². The van der Waals surface area contributed by atoms with Crippen LogP contribution < -0.4 is 5.32 Å². The number of likely N-dealkylation sites (tertiary alicyclic amines) is 1. The van der Waals surface area contributed by atoms with Crippen LogP contribution in [0.2, 0.25) is 0 Å². The van der Waals surface area contributed by atoms with Crippen LogP contribution in [-0.4, -0.2) is 68.0 Å². The number of halogens is 4. The molecule has 1 N–H and O–H groups in total. The molecule has 0 spiro atoms. The number of nitrogens with zero attached hydrogens (tertiary/aromatic N) is 6. The quantitative estimate of drug-likeness (QED) is 0.480. The maximum Gasteiger partial charge on any atom is 0.451 e. The van der Waals surface area contributed by atoms with Gasteiger partial charge in [-0.2, -0.15) is 13.2 Å². The lowest BCUT2D eigenvalue weighted by Crippen LogP contribution is -2.49. The summed E-state index contributed by atoms with van der Waals surface area (Å²) in [4.78, 5) is 21.7. The molecule has 0 bridgehead atoms. The summed E-state index contributed by atoms with van der Waals surface area (Å²) in [5.74, 6) is -1.43. The Morgan fingerprint density at radius 2 is 2.05 bits per heavy atom. The normalized spacial score (nSPS) is 19.5. The van der Waals surface area contributed by atoms with Crippen LogP contribution in [-0.2, 0) is 36.3 Å². The first-order valence-electron chi connectivity index (χ1n) is 11.8. The standard InChI is InChI=1S/C24H25F4N7O2/c1-34-14-29-33-20(34)9-23(12-37-13-23)15-3-2-4-17(7-15)30-21(36)19-8-18(11-35-6-5-16(25)10-35)31-22(32-19)24(26,27)28/h2-4,7-8,14,16H,5-6,9-13H2,1H3,(H,30,36). The largest absolute Gasteiger partial charge is 0.451 e. The molecule has 4 heterocycles. The van der Waals surface area contributed by atoms with E-state index in [1.54, 1.807) is 29.4 Å². The number of anilines is 1. The number of hydrogen-bond donors (Lipinski definition) is 1. The van der Waals surface area contributed by atoms with Gasteiger partial charge in [0, 0.05) is 44.2 Å². The lowest BCUT2D eigenvalue weighted by atomic mass is 9.75. The summed E-state index contributed by atoms with van der Waals surface area (Å²) in [6, 6.07) is 8.31. The van der Waals surface area contributed by atoms with Gasteiger partial charge in [-0.3, -0.25) is 9.69 Å². The van der Waals surface area contributed by atoms with Crippen molar-refractivity contribution in [2.24, 2.45) is 7.05 Å². The zero-order valence-electron chi connectivity index (χ0n) is 20.0. The van der Waals surface area contributed by atoms with Crippen LogP contribution >= 0.6 is 0 Å². The van der Waals surface area contributed by atoms with Crippen LogP contribution in [0.25, 0.3) is 0 Å². The van der Waals surface area contributed by atoms with Crippen molar-refractivity contribution >= 4 is 11.6 Å². The van der Waals surface area contributed by atoms with E-state index in [-0.39, 0.29) is 24.2 Å². The number of aryl methyl sites for hydroxylation is 1. The first-order valence-corrected chi connectivity index (χ1v) is 11.8. The molecule has 13 heteroatoms. The molecule has 5 rings (SSSR count). The second kappa shape index (κ2) is 9.78. The van der Waals surface area contributed by atoms with Gasteiger partial charge >= 0.3 is 6.18 Å². The molecule has 2 aliphatic heterocycles. The number of aromatic nitrogens is 5. The fourth-order valence-corrected chi connectivity index (χ4v) is 4.59. The lowest BCUT2D eigenvalue weighted by Gasteiger charge is -2.41. The molecule has 1 unspecified atom stereocenters. The fourth-order valence-electron chi connectivity index (χ4n) is 4.59. The number of carbonyl (C=O) groups is 1.